The van der Waals surface area contributed by atoms with E-state index in [4.69, 9.17) is 16.3 Å². The van der Waals surface area contributed by atoms with Gasteiger partial charge in [-0.2, -0.15) is 13.9 Å². The van der Waals surface area contributed by atoms with E-state index in [2.05, 4.69) is 26.4 Å². The SMILES string of the molecule is COc1c[c]ccc1Nc1ncc(Cl)c(-c2cnn(C(F)F)c2)n1. The van der Waals surface area contributed by atoms with E-state index in [-0.39, 0.29) is 11.0 Å². The van der Waals surface area contributed by atoms with Gasteiger partial charge in [-0.1, -0.05) is 17.7 Å². The third-order valence-electron chi connectivity index (χ3n) is 3.11. The van der Waals surface area contributed by atoms with E-state index in [1.54, 1.807) is 18.2 Å². The van der Waals surface area contributed by atoms with Gasteiger partial charge in [-0.15, -0.1) is 0 Å². The van der Waals surface area contributed by atoms with Crippen molar-refractivity contribution in [2.45, 2.75) is 6.55 Å². The van der Waals surface area contributed by atoms with Crippen molar-refractivity contribution in [2.75, 3.05) is 12.4 Å². The van der Waals surface area contributed by atoms with E-state index >= 15 is 0 Å². The molecule has 6 nitrogen and oxygen atoms in total. The zero-order valence-corrected chi connectivity index (χ0v) is 13.1. The van der Waals surface area contributed by atoms with Crippen molar-refractivity contribution in [3.8, 4) is 17.0 Å². The van der Waals surface area contributed by atoms with E-state index < -0.39 is 6.55 Å². The first-order chi connectivity index (χ1) is 11.6. The van der Waals surface area contributed by atoms with Crippen LogP contribution in [-0.4, -0.2) is 26.9 Å². The monoisotopic (exact) mass is 350 g/mol. The molecule has 0 aliphatic rings. The summed E-state index contributed by atoms with van der Waals surface area (Å²) in [7, 11) is 1.53. The Labute approximate surface area is 141 Å². The molecule has 24 heavy (non-hydrogen) atoms. The minimum atomic E-state index is -2.73. The molecule has 0 aliphatic heterocycles. The van der Waals surface area contributed by atoms with Crippen LogP contribution in [0.4, 0.5) is 20.4 Å². The number of anilines is 2. The van der Waals surface area contributed by atoms with Crippen molar-refractivity contribution in [1.29, 1.82) is 0 Å². The summed E-state index contributed by atoms with van der Waals surface area (Å²) in [5, 5.41) is 6.79. The lowest BCUT2D eigenvalue weighted by atomic mass is 10.2. The van der Waals surface area contributed by atoms with E-state index in [1.807, 2.05) is 0 Å². The Morgan fingerprint density at radius 1 is 1.38 bits per heavy atom. The molecule has 1 radical (unpaired) electrons. The number of hydrogen-bond acceptors (Lipinski definition) is 5. The number of ether oxygens (including phenoxy) is 1. The number of benzene rings is 1. The molecule has 0 aliphatic carbocycles. The molecule has 0 atom stereocenters. The molecule has 0 fully saturated rings. The molecule has 123 valence electrons. The second-order valence-electron chi connectivity index (χ2n) is 4.63. The number of methoxy groups -OCH3 is 1. The van der Waals surface area contributed by atoms with Gasteiger partial charge in [0.05, 0.1) is 35.9 Å². The Morgan fingerprint density at radius 3 is 2.92 bits per heavy atom. The van der Waals surface area contributed by atoms with Crippen molar-refractivity contribution in [3.63, 3.8) is 0 Å². The lowest BCUT2D eigenvalue weighted by Crippen LogP contribution is -2.00. The summed E-state index contributed by atoms with van der Waals surface area (Å²) < 4.78 is 31.0. The standard InChI is InChI=1S/C15H11ClF2N5O/c1-24-12-5-3-2-4-11(12)21-15-19-7-10(16)13(22-15)9-6-20-23(8-9)14(17)18/h2,4-8,14H,1H3,(H,19,21,22). The number of halogens is 3. The topological polar surface area (TPSA) is 64.9 Å². The molecule has 1 N–H and O–H groups in total. The van der Waals surface area contributed by atoms with Crippen LogP contribution in [0, 0.1) is 6.07 Å². The first kappa shape index (κ1) is 16.1. The minimum Gasteiger partial charge on any atom is -0.495 e. The predicted octanol–water partition coefficient (Wildman–Crippen LogP) is 3.94. The maximum atomic E-state index is 12.7. The second-order valence-corrected chi connectivity index (χ2v) is 5.04. The quantitative estimate of drug-likeness (QED) is 0.755. The number of aromatic nitrogens is 4. The molecule has 0 unspecified atom stereocenters. The second kappa shape index (κ2) is 6.79. The van der Waals surface area contributed by atoms with Crippen molar-refractivity contribution in [3.05, 3.63) is 47.9 Å². The van der Waals surface area contributed by atoms with Crippen LogP contribution in [0.5, 0.6) is 5.75 Å². The molecule has 0 saturated carbocycles. The van der Waals surface area contributed by atoms with E-state index in [9.17, 15) is 8.78 Å². The van der Waals surface area contributed by atoms with Crippen molar-refractivity contribution in [2.24, 2.45) is 0 Å². The summed E-state index contributed by atoms with van der Waals surface area (Å²) in [5.74, 6) is 0.798. The Morgan fingerprint density at radius 2 is 2.21 bits per heavy atom. The lowest BCUT2D eigenvalue weighted by Gasteiger charge is -2.10. The average Bonchev–Trinajstić information content (AvgIpc) is 3.07. The smallest absolute Gasteiger partial charge is 0.333 e. The minimum absolute atomic E-state index is 0.225. The van der Waals surface area contributed by atoms with Crippen LogP contribution >= 0.6 is 11.6 Å². The van der Waals surface area contributed by atoms with Crippen LogP contribution in [0.15, 0.2) is 36.8 Å². The Bertz CT molecular complexity index is 855. The number of nitrogens with zero attached hydrogens (tertiary/aromatic N) is 4. The lowest BCUT2D eigenvalue weighted by molar-refractivity contribution is 0.0566. The zero-order valence-electron chi connectivity index (χ0n) is 12.4. The number of hydrogen-bond donors (Lipinski definition) is 1. The Hall–Kier alpha value is -2.74. The molecule has 0 saturated heterocycles. The van der Waals surface area contributed by atoms with Gasteiger partial charge in [-0.25, -0.2) is 14.6 Å². The summed E-state index contributed by atoms with van der Waals surface area (Å²) in [6.07, 6.45) is 3.82. The fraction of sp³-hybridized carbons (Fsp3) is 0.133. The van der Waals surface area contributed by atoms with Crippen LogP contribution in [0.1, 0.15) is 6.55 Å². The fourth-order valence-corrected chi connectivity index (χ4v) is 2.20. The maximum absolute atomic E-state index is 12.7. The van der Waals surface area contributed by atoms with Gasteiger partial charge in [0.2, 0.25) is 5.95 Å². The summed E-state index contributed by atoms with van der Waals surface area (Å²) >= 11 is 6.07. The highest BCUT2D eigenvalue weighted by Crippen LogP contribution is 2.29. The number of nitrogens with one attached hydrogen (secondary N) is 1. The highest BCUT2D eigenvalue weighted by Gasteiger charge is 2.14. The Balaban J connectivity index is 1.94. The molecular formula is C15H11ClF2N5O. The molecule has 9 heteroatoms. The molecule has 0 spiro atoms. The van der Waals surface area contributed by atoms with Gasteiger partial charge in [0.25, 0.3) is 0 Å². The molecular weight excluding hydrogens is 340 g/mol. The van der Waals surface area contributed by atoms with Crippen LogP contribution < -0.4 is 10.1 Å². The largest absolute Gasteiger partial charge is 0.495 e. The third kappa shape index (κ3) is 3.28. The molecule has 0 amide bonds. The van der Waals surface area contributed by atoms with Gasteiger partial charge in [0, 0.05) is 11.8 Å². The van der Waals surface area contributed by atoms with Gasteiger partial charge in [-0.3, -0.25) is 0 Å². The van der Waals surface area contributed by atoms with Crippen molar-refractivity contribution < 1.29 is 13.5 Å². The molecule has 1 aromatic carbocycles. The molecule has 2 heterocycles. The van der Waals surface area contributed by atoms with Crippen LogP contribution in [0.3, 0.4) is 0 Å². The van der Waals surface area contributed by atoms with Crippen molar-refractivity contribution in [1.82, 2.24) is 19.7 Å². The first-order valence-electron chi connectivity index (χ1n) is 6.75. The van der Waals surface area contributed by atoms with Crippen molar-refractivity contribution >= 4 is 23.2 Å². The molecule has 3 aromatic rings. The maximum Gasteiger partial charge on any atom is 0.333 e. The number of alkyl halides is 2. The summed E-state index contributed by atoms with van der Waals surface area (Å²) in [5.41, 5.74) is 1.29. The van der Waals surface area contributed by atoms with E-state index in [0.29, 0.717) is 27.4 Å². The summed E-state index contributed by atoms with van der Waals surface area (Å²) in [6.45, 7) is -2.73. The van der Waals surface area contributed by atoms with E-state index in [1.165, 1.54) is 25.7 Å². The number of rotatable bonds is 5. The van der Waals surface area contributed by atoms with Gasteiger partial charge >= 0.3 is 6.55 Å². The van der Waals surface area contributed by atoms with Gasteiger partial charge in [0.1, 0.15) is 5.75 Å². The van der Waals surface area contributed by atoms with E-state index in [0.717, 1.165) is 0 Å². The highest BCUT2D eigenvalue weighted by atomic mass is 35.5. The zero-order chi connectivity index (χ0) is 17.1. The predicted molar refractivity (Wildman–Crippen MR) is 84.6 cm³/mol. The molecule has 0 bridgehead atoms. The summed E-state index contributed by atoms with van der Waals surface area (Å²) in [4.78, 5) is 8.35. The van der Waals surface area contributed by atoms with Crippen LogP contribution in [0.25, 0.3) is 11.3 Å². The average molecular weight is 351 g/mol. The normalized spacial score (nSPS) is 10.9. The molecule has 2 aromatic heterocycles. The Kier molecular flexibility index (Phi) is 4.57. The van der Waals surface area contributed by atoms with Crippen LogP contribution in [0.2, 0.25) is 5.02 Å². The van der Waals surface area contributed by atoms with Gasteiger partial charge in [-0.05, 0) is 18.2 Å². The highest BCUT2D eigenvalue weighted by molar-refractivity contribution is 6.32. The van der Waals surface area contributed by atoms with Crippen LogP contribution in [-0.2, 0) is 0 Å². The first-order valence-corrected chi connectivity index (χ1v) is 7.12. The molecule has 3 rings (SSSR count). The van der Waals surface area contributed by atoms with Gasteiger partial charge < -0.3 is 10.1 Å². The van der Waals surface area contributed by atoms with Gasteiger partial charge in [0.15, 0.2) is 0 Å². The fourth-order valence-electron chi connectivity index (χ4n) is 2.00. The summed E-state index contributed by atoms with van der Waals surface area (Å²) in [6, 6.07) is 7.99. The third-order valence-corrected chi connectivity index (χ3v) is 3.39.